The molecule has 0 spiro atoms. The van der Waals surface area contributed by atoms with Crippen LogP contribution in [0.1, 0.15) is 38.5 Å². The minimum Gasteiger partial charge on any atom is -0.316 e. The molecule has 13 heavy (non-hydrogen) atoms. The Morgan fingerprint density at radius 2 is 2.46 bits per heavy atom. The topological polar surface area (TPSA) is 12.0 Å². The molecule has 1 unspecified atom stereocenters. The number of nitrogens with one attached hydrogen (secondary N) is 1. The van der Waals surface area contributed by atoms with E-state index in [9.17, 15) is 0 Å². The molecule has 0 saturated carbocycles. The van der Waals surface area contributed by atoms with Crippen LogP contribution in [0.4, 0.5) is 0 Å². The van der Waals surface area contributed by atoms with Crippen LogP contribution in [-0.2, 0) is 0 Å². The summed E-state index contributed by atoms with van der Waals surface area (Å²) < 4.78 is 0. The zero-order chi connectivity index (χ0) is 9.52. The molecule has 0 fully saturated rings. The monoisotopic (exact) mass is 177 g/mol. The van der Waals surface area contributed by atoms with Gasteiger partial charge in [-0.1, -0.05) is 11.6 Å². The molecule has 0 bridgehead atoms. The smallest absolute Gasteiger partial charge is 0.0243 e. The fraction of sp³-hybridized carbons (Fsp3) is 0.667. The van der Waals surface area contributed by atoms with Crippen molar-refractivity contribution in [2.75, 3.05) is 7.05 Å². The van der Waals surface area contributed by atoms with Crippen LogP contribution in [0.3, 0.4) is 0 Å². The minimum absolute atomic E-state index is 0.481. The molecule has 0 aliphatic heterocycles. The van der Waals surface area contributed by atoms with Crippen molar-refractivity contribution < 1.29 is 0 Å². The van der Waals surface area contributed by atoms with Crippen molar-refractivity contribution >= 4 is 0 Å². The van der Waals surface area contributed by atoms with Crippen molar-refractivity contribution in [1.82, 2.24) is 5.32 Å². The lowest BCUT2D eigenvalue weighted by atomic mass is 9.93. The fourth-order valence-electron chi connectivity index (χ4n) is 1.83. The van der Waals surface area contributed by atoms with E-state index in [1.807, 2.05) is 7.05 Å². The van der Waals surface area contributed by atoms with Gasteiger partial charge in [0.15, 0.2) is 0 Å². The van der Waals surface area contributed by atoms with Crippen molar-refractivity contribution in [2.45, 2.75) is 44.6 Å². The molecule has 1 N–H and O–H groups in total. The zero-order valence-corrected chi connectivity index (χ0v) is 8.47. The lowest BCUT2D eigenvalue weighted by molar-refractivity contribution is 0.545. The molecule has 0 heterocycles. The van der Waals surface area contributed by atoms with Crippen molar-refractivity contribution in [3.63, 3.8) is 0 Å². The van der Waals surface area contributed by atoms with E-state index < -0.39 is 0 Å². The highest BCUT2D eigenvalue weighted by atomic mass is 14.9. The Morgan fingerprint density at radius 1 is 1.62 bits per heavy atom. The maximum absolute atomic E-state index is 5.30. The van der Waals surface area contributed by atoms with E-state index in [1.54, 1.807) is 5.57 Å². The minimum atomic E-state index is 0.481. The first-order valence-electron chi connectivity index (χ1n) is 5.15. The van der Waals surface area contributed by atoms with Crippen molar-refractivity contribution in [3.8, 4) is 12.3 Å². The van der Waals surface area contributed by atoms with Crippen LogP contribution in [0, 0.1) is 12.3 Å². The van der Waals surface area contributed by atoms with Crippen LogP contribution in [0.15, 0.2) is 11.6 Å². The highest BCUT2D eigenvalue weighted by Crippen LogP contribution is 2.21. The Balaban J connectivity index is 2.36. The van der Waals surface area contributed by atoms with E-state index in [0.29, 0.717) is 6.04 Å². The molecule has 0 aromatic rings. The summed E-state index contributed by atoms with van der Waals surface area (Å²) >= 11 is 0. The molecule has 1 heteroatoms. The zero-order valence-electron chi connectivity index (χ0n) is 8.47. The van der Waals surface area contributed by atoms with E-state index in [0.717, 1.165) is 12.8 Å². The molecule has 1 aliphatic rings. The van der Waals surface area contributed by atoms with E-state index in [1.165, 1.54) is 25.7 Å². The molecule has 1 aliphatic carbocycles. The summed E-state index contributed by atoms with van der Waals surface area (Å²) in [7, 11) is 1.99. The molecule has 72 valence electrons. The maximum atomic E-state index is 5.30. The Hall–Kier alpha value is -0.740. The van der Waals surface area contributed by atoms with E-state index in [4.69, 9.17) is 6.42 Å². The van der Waals surface area contributed by atoms with Gasteiger partial charge in [-0.25, -0.2) is 0 Å². The van der Waals surface area contributed by atoms with Crippen LogP contribution in [0.25, 0.3) is 0 Å². The molecule has 0 amide bonds. The average Bonchev–Trinajstić information content (AvgIpc) is 2.19. The third kappa shape index (κ3) is 3.65. The molecule has 1 rings (SSSR count). The molecule has 0 aromatic heterocycles. The van der Waals surface area contributed by atoms with Gasteiger partial charge in [-0.3, -0.25) is 0 Å². The molecule has 0 radical (unpaired) electrons. The summed E-state index contributed by atoms with van der Waals surface area (Å²) in [5.74, 6) is 2.72. The van der Waals surface area contributed by atoms with Gasteiger partial charge in [-0.15, -0.1) is 12.3 Å². The second-order valence-corrected chi connectivity index (χ2v) is 3.71. The predicted molar refractivity (Wildman–Crippen MR) is 57.5 cm³/mol. The highest BCUT2D eigenvalue weighted by Gasteiger charge is 2.09. The van der Waals surface area contributed by atoms with Crippen LogP contribution >= 0.6 is 0 Å². The number of hydrogen-bond donors (Lipinski definition) is 1. The van der Waals surface area contributed by atoms with Gasteiger partial charge < -0.3 is 5.32 Å². The number of allylic oxidation sites excluding steroid dienone is 1. The lowest BCUT2D eigenvalue weighted by Gasteiger charge is -2.18. The molecule has 0 aromatic carbocycles. The van der Waals surface area contributed by atoms with Gasteiger partial charge in [-0.2, -0.15) is 0 Å². The normalized spacial score (nSPS) is 18.9. The Bertz CT molecular complexity index is 210. The lowest BCUT2D eigenvalue weighted by Crippen LogP contribution is -2.25. The number of hydrogen-bond acceptors (Lipinski definition) is 1. The second kappa shape index (κ2) is 5.83. The van der Waals surface area contributed by atoms with Gasteiger partial charge in [0.2, 0.25) is 0 Å². The second-order valence-electron chi connectivity index (χ2n) is 3.71. The number of terminal acetylenes is 1. The molecule has 1 atom stereocenters. The van der Waals surface area contributed by atoms with Crippen LogP contribution in [0.2, 0.25) is 0 Å². The predicted octanol–water partition coefficient (Wildman–Crippen LogP) is 2.49. The van der Waals surface area contributed by atoms with Gasteiger partial charge in [0.25, 0.3) is 0 Å². The first kappa shape index (κ1) is 10.3. The van der Waals surface area contributed by atoms with Crippen LogP contribution in [-0.4, -0.2) is 13.1 Å². The Labute approximate surface area is 81.6 Å². The summed E-state index contributed by atoms with van der Waals surface area (Å²) in [6.07, 6.45) is 14.9. The summed E-state index contributed by atoms with van der Waals surface area (Å²) in [6.45, 7) is 0. The van der Waals surface area contributed by atoms with Crippen LogP contribution in [0.5, 0.6) is 0 Å². The maximum Gasteiger partial charge on any atom is 0.0243 e. The third-order valence-corrected chi connectivity index (χ3v) is 2.67. The summed E-state index contributed by atoms with van der Waals surface area (Å²) in [4.78, 5) is 0. The molecule has 1 nitrogen and oxygen atoms in total. The first-order valence-corrected chi connectivity index (χ1v) is 5.15. The Morgan fingerprint density at radius 3 is 3.00 bits per heavy atom. The van der Waals surface area contributed by atoms with Crippen molar-refractivity contribution in [1.29, 1.82) is 0 Å². The van der Waals surface area contributed by atoms with Gasteiger partial charge in [0.05, 0.1) is 0 Å². The van der Waals surface area contributed by atoms with Crippen LogP contribution < -0.4 is 5.32 Å². The van der Waals surface area contributed by atoms with Gasteiger partial charge in [0.1, 0.15) is 0 Å². The quantitative estimate of drug-likeness (QED) is 0.514. The third-order valence-electron chi connectivity index (χ3n) is 2.67. The van der Waals surface area contributed by atoms with E-state index in [-0.39, 0.29) is 0 Å². The molecule has 0 saturated heterocycles. The van der Waals surface area contributed by atoms with Crippen molar-refractivity contribution in [3.05, 3.63) is 11.6 Å². The summed E-state index contributed by atoms with van der Waals surface area (Å²) in [5, 5.41) is 3.27. The summed E-state index contributed by atoms with van der Waals surface area (Å²) in [5.41, 5.74) is 1.60. The largest absolute Gasteiger partial charge is 0.316 e. The fourth-order valence-corrected chi connectivity index (χ4v) is 1.83. The Kier molecular flexibility index (Phi) is 4.64. The average molecular weight is 177 g/mol. The standard InChI is InChI=1S/C12H19N/c1-3-7-12(13-2)10-11-8-5-4-6-9-11/h1,8,12-13H,4-7,9-10H2,2H3. The molecular weight excluding hydrogens is 158 g/mol. The van der Waals surface area contributed by atoms with E-state index >= 15 is 0 Å². The van der Waals surface area contributed by atoms with Gasteiger partial charge >= 0.3 is 0 Å². The van der Waals surface area contributed by atoms with Gasteiger partial charge in [-0.05, 0) is 39.2 Å². The molecular formula is C12H19N. The van der Waals surface area contributed by atoms with Crippen molar-refractivity contribution in [2.24, 2.45) is 0 Å². The summed E-state index contributed by atoms with van der Waals surface area (Å²) in [6, 6.07) is 0.481. The van der Waals surface area contributed by atoms with E-state index in [2.05, 4.69) is 17.3 Å². The number of rotatable bonds is 4. The first-order chi connectivity index (χ1) is 6.36. The van der Waals surface area contributed by atoms with Gasteiger partial charge in [0, 0.05) is 12.5 Å². The highest BCUT2D eigenvalue weighted by molar-refractivity contribution is 5.08. The SMILES string of the molecule is C#CCC(CC1=CCCCC1)NC.